The standard InChI is InChI=1S/C12H20NO3P/c1-3-10-13(11-4-2)16-17(14,15)12-8-6-5-7-9-12/h5-9H,3-4,10-11H2,1-2H3,(H,14,15). The number of benzene rings is 1. The van der Waals surface area contributed by atoms with E-state index >= 15 is 0 Å². The molecule has 1 atom stereocenters. The molecule has 0 aromatic heterocycles. The zero-order valence-electron chi connectivity index (χ0n) is 10.4. The van der Waals surface area contributed by atoms with Gasteiger partial charge in [-0.05, 0) is 25.0 Å². The van der Waals surface area contributed by atoms with Crippen LogP contribution in [0.1, 0.15) is 26.7 Å². The second-order valence-corrected chi connectivity index (χ2v) is 5.59. The van der Waals surface area contributed by atoms with E-state index in [1.807, 2.05) is 13.8 Å². The van der Waals surface area contributed by atoms with E-state index in [-0.39, 0.29) is 0 Å². The number of hydrogen-bond acceptors (Lipinski definition) is 3. The van der Waals surface area contributed by atoms with Gasteiger partial charge in [0.2, 0.25) is 0 Å². The summed E-state index contributed by atoms with van der Waals surface area (Å²) in [4.78, 5) is 9.90. The molecule has 0 aliphatic heterocycles. The Hall–Kier alpha value is -0.670. The second kappa shape index (κ2) is 6.92. The molecule has 0 amide bonds. The van der Waals surface area contributed by atoms with Gasteiger partial charge in [-0.2, -0.15) is 5.06 Å². The molecule has 0 radical (unpaired) electrons. The van der Waals surface area contributed by atoms with Crippen LogP contribution in [0, 0.1) is 0 Å². The second-order valence-electron chi connectivity index (χ2n) is 3.87. The smallest absolute Gasteiger partial charge is 0.320 e. The Morgan fingerprint density at radius 2 is 1.71 bits per heavy atom. The third-order valence-corrected chi connectivity index (χ3v) is 3.66. The first-order valence-corrected chi connectivity index (χ1v) is 7.51. The van der Waals surface area contributed by atoms with E-state index in [0.717, 1.165) is 12.8 Å². The predicted molar refractivity (Wildman–Crippen MR) is 69.1 cm³/mol. The largest absolute Gasteiger partial charge is 0.375 e. The minimum absolute atomic E-state index is 0.331. The van der Waals surface area contributed by atoms with Crippen molar-refractivity contribution >= 4 is 12.9 Å². The predicted octanol–water partition coefficient (Wildman–Crippen LogP) is 2.55. The maximum atomic E-state index is 12.1. The molecule has 1 aromatic carbocycles. The quantitative estimate of drug-likeness (QED) is 0.602. The molecule has 0 fully saturated rings. The van der Waals surface area contributed by atoms with Crippen molar-refractivity contribution in [1.29, 1.82) is 0 Å². The van der Waals surface area contributed by atoms with E-state index in [0.29, 0.717) is 18.4 Å². The zero-order chi connectivity index (χ0) is 12.7. The molecular weight excluding hydrogens is 237 g/mol. The lowest BCUT2D eigenvalue weighted by atomic mass is 10.4. The molecule has 0 saturated carbocycles. The summed E-state index contributed by atoms with van der Waals surface area (Å²) >= 11 is 0. The first kappa shape index (κ1) is 14.4. The average Bonchev–Trinajstić information content (AvgIpc) is 2.30. The van der Waals surface area contributed by atoms with Crippen LogP contribution in [0.15, 0.2) is 30.3 Å². The van der Waals surface area contributed by atoms with E-state index in [2.05, 4.69) is 0 Å². The molecular formula is C12H20NO3P. The Bertz CT molecular complexity index is 363. The molecule has 1 aromatic rings. The van der Waals surface area contributed by atoms with Crippen LogP contribution in [0.3, 0.4) is 0 Å². The summed E-state index contributed by atoms with van der Waals surface area (Å²) in [6.07, 6.45) is 1.77. The van der Waals surface area contributed by atoms with Gasteiger partial charge in [-0.1, -0.05) is 32.0 Å². The molecule has 0 aliphatic carbocycles. The van der Waals surface area contributed by atoms with Gasteiger partial charge in [0.25, 0.3) is 0 Å². The van der Waals surface area contributed by atoms with E-state index in [1.54, 1.807) is 35.4 Å². The van der Waals surface area contributed by atoms with E-state index in [9.17, 15) is 9.46 Å². The molecule has 0 spiro atoms. The lowest BCUT2D eigenvalue weighted by Gasteiger charge is -2.23. The van der Waals surface area contributed by atoms with Crippen molar-refractivity contribution in [2.75, 3.05) is 13.1 Å². The molecule has 1 rings (SSSR count). The topological polar surface area (TPSA) is 49.8 Å². The van der Waals surface area contributed by atoms with Crippen molar-refractivity contribution < 1.29 is 14.1 Å². The van der Waals surface area contributed by atoms with Crippen LogP contribution in [0.25, 0.3) is 0 Å². The van der Waals surface area contributed by atoms with Crippen LogP contribution >= 0.6 is 7.60 Å². The first-order chi connectivity index (χ1) is 8.10. The van der Waals surface area contributed by atoms with Crippen molar-refractivity contribution in [3.8, 4) is 0 Å². The number of nitrogens with zero attached hydrogens (tertiary/aromatic N) is 1. The Morgan fingerprint density at radius 1 is 1.18 bits per heavy atom. The molecule has 0 bridgehead atoms. The Balaban J connectivity index is 2.73. The van der Waals surface area contributed by atoms with Crippen LogP contribution in [-0.4, -0.2) is 23.0 Å². The summed E-state index contributed by atoms with van der Waals surface area (Å²) in [5.74, 6) is 0. The monoisotopic (exact) mass is 257 g/mol. The Kier molecular flexibility index (Phi) is 5.86. The summed E-state index contributed by atoms with van der Waals surface area (Å²) < 4.78 is 17.3. The molecule has 0 heterocycles. The van der Waals surface area contributed by atoms with Gasteiger partial charge in [0.15, 0.2) is 0 Å². The fourth-order valence-electron chi connectivity index (χ4n) is 1.51. The van der Waals surface area contributed by atoms with Gasteiger partial charge in [0, 0.05) is 13.1 Å². The third kappa shape index (κ3) is 4.60. The fraction of sp³-hybridized carbons (Fsp3) is 0.500. The van der Waals surface area contributed by atoms with Crippen LogP contribution in [0.4, 0.5) is 0 Å². The van der Waals surface area contributed by atoms with E-state index in [4.69, 9.17) is 4.62 Å². The summed E-state index contributed by atoms with van der Waals surface area (Å²) in [5, 5.41) is 1.91. The number of hydroxylamine groups is 2. The van der Waals surface area contributed by atoms with Gasteiger partial charge in [0.05, 0.1) is 5.30 Å². The van der Waals surface area contributed by atoms with Gasteiger partial charge >= 0.3 is 7.60 Å². The third-order valence-electron chi connectivity index (χ3n) is 2.25. The van der Waals surface area contributed by atoms with Crippen molar-refractivity contribution in [3.63, 3.8) is 0 Å². The summed E-state index contributed by atoms with van der Waals surface area (Å²) in [6.45, 7) is 5.34. The van der Waals surface area contributed by atoms with Gasteiger partial charge in [-0.3, -0.25) is 4.57 Å². The van der Waals surface area contributed by atoms with Crippen molar-refractivity contribution in [1.82, 2.24) is 5.06 Å². The van der Waals surface area contributed by atoms with Gasteiger partial charge in [-0.25, -0.2) is 4.62 Å². The minimum atomic E-state index is -3.73. The molecule has 96 valence electrons. The van der Waals surface area contributed by atoms with Crippen molar-refractivity contribution in [3.05, 3.63) is 30.3 Å². The first-order valence-electron chi connectivity index (χ1n) is 5.93. The summed E-state index contributed by atoms with van der Waals surface area (Å²) in [5.41, 5.74) is 0. The Morgan fingerprint density at radius 3 is 2.18 bits per heavy atom. The van der Waals surface area contributed by atoms with Crippen LogP contribution in [0.2, 0.25) is 0 Å². The fourth-order valence-corrected chi connectivity index (χ4v) is 2.63. The number of hydrogen-bond donors (Lipinski definition) is 1. The summed E-state index contributed by atoms with van der Waals surface area (Å²) in [7, 11) is -3.73. The minimum Gasteiger partial charge on any atom is -0.320 e. The highest BCUT2D eigenvalue weighted by Crippen LogP contribution is 2.41. The summed E-state index contributed by atoms with van der Waals surface area (Å²) in [6, 6.07) is 8.48. The lowest BCUT2D eigenvalue weighted by Crippen LogP contribution is -2.26. The molecule has 1 unspecified atom stereocenters. The van der Waals surface area contributed by atoms with E-state index in [1.165, 1.54) is 0 Å². The number of rotatable bonds is 7. The van der Waals surface area contributed by atoms with Crippen molar-refractivity contribution in [2.24, 2.45) is 0 Å². The molecule has 4 nitrogen and oxygen atoms in total. The average molecular weight is 257 g/mol. The SMILES string of the molecule is CCCN(CCC)OP(=O)(O)c1ccccc1. The molecule has 1 N–H and O–H groups in total. The van der Waals surface area contributed by atoms with Crippen molar-refractivity contribution in [2.45, 2.75) is 26.7 Å². The van der Waals surface area contributed by atoms with Gasteiger partial charge < -0.3 is 4.89 Å². The molecule has 17 heavy (non-hydrogen) atoms. The van der Waals surface area contributed by atoms with Crippen LogP contribution < -0.4 is 5.30 Å². The van der Waals surface area contributed by atoms with Crippen LogP contribution in [-0.2, 0) is 9.19 Å². The maximum Gasteiger partial charge on any atom is 0.375 e. The highest BCUT2D eigenvalue weighted by atomic mass is 31.2. The molecule has 5 heteroatoms. The highest BCUT2D eigenvalue weighted by Gasteiger charge is 2.25. The molecule has 0 aliphatic rings. The molecule has 0 saturated heterocycles. The van der Waals surface area contributed by atoms with E-state index < -0.39 is 7.60 Å². The van der Waals surface area contributed by atoms with Gasteiger partial charge in [0.1, 0.15) is 0 Å². The van der Waals surface area contributed by atoms with Crippen LogP contribution in [0.5, 0.6) is 0 Å². The maximum absolute atomic E-state index is 12.1. The Labute approximate surface area is 103 Å². The normalized spacial score (nSPS) is 14.8. The lowest BCUT2D eigenvalue weighted by molar-refractivity contribution is -0.0639. The highest BCUT2D eigenvalue weighted by molar-refractivity contribution is 7.61. The zero-order valence-corrected chi connectivity index (χ0v) is 11.3. The van der Waals surface area contributed by atoms with Gasteiger partial charge in [-0.15, -0.1) is 0 Å².